The first-order valence-electron chi connectivity index (χ1n) is 11.5. The number of nitrogens with zero attached hydrogens (tertiary/aromatic N) is 1. The Morgan fingerprint density at radius 1 is 1.00 bits per heavy atom. The zero-order valence-electron chi connectivity index (χ0n) is 18.5. The van der Waals surface area contributed by atoms with Crippen LogP contribution in [0.3, 0.4) is 0 Å². The van der Waals surface area contributed by atoms with Crippen molar-refractivity contribution in [2.45, 2.75) is 44.1 Å². The Kier molecular flexibility index (Phi) is 7.40. The number of aromatic amines is 1. The normalized spacial score (nSPS) is 18.9. The van der Waals surface area contributed by atoms with Gasteiger partial charge in [-0.3, -0.25) is 4.79 Å². The maximum absolute atomic E-state index is 13.4. The number of carbonyl (C=O) groups excluding carboxylic acids is 1. The molecule has 1 saturated carbocycles. The Morgan fingerprint density at radius 2 is 1.67 bits per heavy atom. The van der Waals surface area contributed by atoms with Gasteiger partial charge in [-0.1, -0.05) is 60.7 Å². The van der Waals surface area contributed by atoms with Crippen LogP contribution >= 0.6 is 0 Å². The van der Waals surface area contributed by atoms with Crippen LogP contribution < -0.4 is 10.6 Å². The van der Waals surface area contributed by atoms with Gasteiger partial charge in [-0.2, -0.15) is 0 Å². The second-order valence-corrected chi connectivity index (χ2v) is 8.69. The Hall–Kier alpha value is -3.61. The largest absolute Gasteiger partial charge is 0.465 e. The van der Waals surface area contributed by atoms with Crippen LogP contribution in [0.1, 0.15) is 43.0 Å². The molecule has 1 heterocycles. The highest BCUT2D eigenvalue weighted by Crippen LogP contribution is 2.27. The van der Waals surface area contributed by atoms with E-state index in [1.54, 1.807) is 0 Å². The molecular formula is C26H30N4O3. The lowest BCUT2D eigenvalue weighted by Crippen LogP contribution is -2.42. The molecule has 1 fully saturated rings. The molecule has 0 bridgehead atoms. The van der Waals surface area contributed by atoms with Crippen LogP contribution in [0.4, 0.5) is 4.79 Å². The van der Waals surface area contributed by atoms with Crippen LogP contribution in [-0.4, -0.2) is 39.7 Å². The summed E-state index contributed by atoms with van der Waals surface area (Å²) in [6.07, 6.45) is 4.93. The van der Waals surface area contributed by atoms with Gasteiger partial charge in [0.2, 0.25) is 5.91 Å². The van der Waals surface area contributed by atoms with Crippen molar-refractivity contribution in [1.82, 2.24) is 20.6 Å². The molecular weight excluding hydrogens is 416 g/mol. The van der Waals surface area contributed by atoms with Gasteiger partial charge in [0, 0.05) is 24.3 Å². The van der Waals surface area contributed by atoms with Crippen LogP contribution in [-0.2, 0) is 11.2 Å². The minimum atomic E-state index is -0.984. The molecule has 0 radical (unpaired) electrons. The van der Waals surface area contributed by atoms with Gasteiger partial charge in [0.15, 0.2) is 0 Å². The number of hydrogen-bond acceptors (Lipinski definition) is 3. The van der Waals surface area contributed by atoms with Crippen LogP contribution in [0.15, 0.2) is 66.9 Å². The molecule has 7 nitrogen and oxygen atoms in total. The molecule has 1 aliphatic rings. The quantitative estimate of drug-likeness (QED) is 0.413. The topological polar surface area (TPSA) is 107 Å². The lowest BCUT2D eigenvalue weighted by Gasteiger charge is -2.30. The van der Waals surface area contributed by atoms with E-state index in [4.69, 9.17) is 10.1 Å². The standard InChI is InChI=1S/C26H30N4O3/c31-25(29-21-13-11-19(12-14-21)16-28-26(32)33)22(15-18-7-3-1-4-8-18)24-27-17-23(30-24)20-9-5-2-6-10-20/h1-10,17,19,21-22,28H,11-16H2,(H,27,30)(H,29,31)(H,32,33)/t19-,21-,22?. The lowest BCUT2D eigenvalue weighted by molar-refractivity contribution is -0.123. The van der Waals surface area contributed by atoms with Gasteiger partial charge in [-0.05, 0) is 43.6 Å². The van der Waals surface area contributed by atoms with Crippen molar-refractivity contribution in [3.8, 4) is 11.3 Å². The zero-order valence-corrected chi connectivity index (χ0v) is 18.5. The van der Waals surface area contributed by atoms with Crippen LogP contribution in [0.2, 0.25) is 0 Å². The predicted octanol–water partition coefficient (Wildman–Crippen LogP) is 4.35. The Labute approximate surface area is 193 Å². The van der Waals surface area contributed by atoms with E-state index >= 15 is 0 Å². The third-order valence-corrected chi connectivity index (χ3v) is 6.33. The molecule has 33 heavy (non-hydrogen) atoms. The third-order valence-electron chi connectivity index (χ3n) is 6.33. The number of benzene rings is 2. The second-order valence-electron chi connectivity index (χ2n) is 8.69. The van der Waals surface area contributed by atoms with Gasteiger partial charge in [-0.15, -0.1) is 0 Å². The van der Waals surface area contributed by atoms with E-state index in [9.17, 15) is 9.59 Å². The van der Waals surface area contributed by atoms with E-state index in [1.807, 2.05) is 66.9 Å². The Bertz CT molecular complexity index is 1040. The predicted molar refractivity (Wildman–Crippen MR) is 127 cm³/mol. The van der Waals surface area contributed by atoms with E-state index in [1.165, 1.54) is 0 Å². The molecule has 0 spiro atoms. The molecule has 7 heteroatoms. The summed E-state index contributed by atoms with van der Waals surface area (Å²) in [6.45, 7) is 0.474. The monoisotopic (exact) mass is 446 g/mol. The molecule has 4 rings (SSSR count). The van der Waals surface area contributed by atoms with Crippen molar-refractivity contribution >= 4 is 12.0 Å². The van der Waals surface area contributed by atoms with Crippen molar-refractivity contribution < 1.29 is 14.7 Å². The molecule has 1 unspecified atom stereocenters. The zero-order chi connectivity index (χ0) is 23.0. The van der Waals surface area contributed by atoms with E-state index < -0.39 is 12.0 Å². The van der Waals surface area contributed by atoms with Gasteiger partial charge in [0.05, 0.1) is 11.6 Å². The molecule has 0 aliphatic heterocycles. The van der Waals surface area contributed by atoms with E-state index in [0.717, 1.165) is 42.5 Å². The fourth-order valence-corrected chi connectivity index (χ4v) is 4.48. The highest BCUT2D eigenvalue weighted by Gasteiger charge is 2.28. The number of carbonyl (C=O) groups is 2. The number of nitrogens with one attached hydrogen (secondary N) is 3. The summed E-state index contributed by atoms with van der Waals surface area (Å²) < 4.78 is 0. The first-order valence-corrected chi connectivity index (χ1v) is 11.5. The summed E-state index contributed by atoms with van der Waals surface area (Å²) in [6, 6.07) is 20.0. The van der Waals surface area contributed by atoms with Crippen molar-refractivity contribution in [2.75, 3.05) is 6.54 Å². The van der Waals surface area contributed by atoms with E-state index in [-0.39, 0.29) is 11.9 Å². The fraction of sp³-hybridized carbons (Fsp3) is 0.346. The highest BCUT2D eigenvalue weighted by atomic mass is 16.4. The number of hydrogen-bond donors (Lipinski definition) is 4. The summed E-state index contributed by atoms with van der Waals surface area (Å²) in [5, 5.41) is 14.5. The average molecular weight is 447 g/mol. The smallest absolute Gasteiger partial charge is 0.404 e. The van der Waals surface area contributed by atoms with Gasteiger partial charge >= 0.3 is 6.09 Å². The van der Waals surface area contributed by atoms with Gasteiger partial charge in [0.1, 0.15) is 5.82 Å². The van der Waals surface area contributed by atoms with Crippen molar-refractivity contribution in [3.63, 3.8) is 0 Å². The van der Waals surface area contributed by atoms with Crippen LogP contribution in [0.25, 0.3) is 11.3 Å². The molecule has 2 amide bonds. The van der Waals surface area contributed by atoms with Crippen molar-refractivity contribution in [1.29, 1.82) is 0 Å². The molecule has 3 aromatic rings. The number of aromatic nitrogens is 2. The van der Waals surface area contributed by atoms with Crippen molar-refractivity contribution in [3.05, 3.63) is 78.2 Å². The van der Waals surface area contributed by atoms with Crippen molar-refractivity contribution in [2.24, 2.45) is 5.92 Å². The number of imidazole rings is 1. The lowest BCUT2D eigenvalue weighted by atomic mass is 9.85. The minimum Gasteiger partial charge on any atom is -0.465 e. The van der Waals surface area contributed by atoms with Gasteiger partial charge in [0.25, 0.3) is 0 Å². The highest BCUT2D eigenvalue weighted by molar-refractivity contribution is 5.83. The van der Waals surface area contributed by atoms with Crippen LogP contribution in [0, 0.1) is 5.92 Å². The first-order chi connectivity index (χ1) is 16.1. The number of rotatable bonds is 8. The SMILES string of the molecule is O=C(O)NC[C@H]1CC[C@H](NC(=O)C(Cc2ccccc2)c2nc(-c3ccccc3)c[nH]2)CC1. The third kappa shape index (κ3) is 6.22. The summed E-state index contributed by atoms with van der Waals surface area (Å²) in [5.41, 5.74) is 2.91. The average Bonchev–Trinajstić information content (AvgIpc) is 3.33. The first kappa shape index (κ1) is 22.6. The molecule has 1 atom stereocenters. The maximum atomic E-state index is 13.4. The molecule has 2 aromatic carbocycles. The Morgan fingerprint density at radius 3 is 2.33 bits per heavy atom. The second kappa shape index (κ2) is 10.8. The number of amides is 2. The van der Waals surface area contributed by atoms with Gasteiger partial charge in [-0.25, -0.2) is 9.78 Å². The van der Waals surface area contributed by atoms with E-state index in [2.05, 4.69) is 15.6 Å². The summed E-state index contributed by atoms with van der Waals surface area (Å²) in [4.78, 5) is 32.1. The summed E-state index contributed by atoms with van der Waals surface area (Å²) in [7, 11) is 0. The molecule has 4 N–H and O–H groups in total. The van der Waals surface area contributed by atoms with Gasteiger partial charge < -0.3 is 20.7 Å². The number of H-pyrrole nitrogens is 1. The summed E-state index contributed by atoms with van der Waals surface area (Å²) in [5.74, 6) is 0.540. The van der Waals surface area contributed by atoms with Crippen LogP contribution in [0.5, 0.6) is 0 Å². The summed E-state index contributed by atoms with van der Waals surface area (Å²) >= 11 is 0. The molecule has 1 aromatic heterocycles. The fourth-order valence-electron chi connectivity index (χ4n) is 4.48. The minimum absolute atomic E-state index is 0.0278. The number of carboxylic acid groups (broad SMARTS) is 1. The van der Waals surface area contributed by atoms with E-state index in [0.29, 0.717) is 24.7 Å². The maximum Gasteiger partial charge on any atom is 0.404 e. The molecule has 0 saturated heterocycles. The molecule has 1 aliphatic carbocycles. The molecule has 172 valence electrons. The Balaban J connectivity index is 1.44.